The number of benzene rings is 1. The lowest BCUT2D eigenvalue weighted by Gasteiger charge is -2.34. The summed E-state index contributed by atoms with van der Waals surface area (Å²) in [6.07, 6.45) is 3.86. The Balaban J connectivity index is 1.55. The minimum Gasteiger partial charge on any atom is -0.301 e. The maximum absolute atomic E-state index is 3.52. The van der Waals surface area contributed by atoms with Crippen molar-refractivity contribution in [2.75, 3.05) is 44.6 Å². The summed E-state index contributed by atoms with van der Waals surface area (Å²) in [5.74, 6) is 0. The van der Waals surface area contributed by atoms with E-state index in [4.69, 9.17) is 0 Å². The first-order chi connectivity index (χ1) is 9.38. The number of nitrogens with zero attached hydrogens (tertiary/aromatic N) is 2. The highest BCUT2D eigenvalue weighted by Crippen LogP contribution is 2.07. The number of hydrogen-bond donors (Lipinski definition) is 0. The Hall–Kier alpha value is -0.380. The molecule has 1 aromatic carbocycles. The van der Waals surface area contributed by atoms with Crippen LogP contribution in [0.5, 0.6) is 0 Å². The van der Waals surface area contributed by atoms with Crippen LogP contribution >= 0.6 is 15.9 Å². The molecule has 2 nitrogen and oxygen atoms in total. The lowest BCUT2D eigenvalue weighted by molar-refractivity contribution is 0.137. The molecular formula is C16H25BrN2. The van der Waals surface area contributed by atoms with E-state index in [2.05, 4.69) is 56.1 Å². The van der Waals surface area contributed by atoms with Crippen LogP contribution in [0.3, 0.4) is 0 Å². The maximum atomic E-state index is 3.52. The summed E-state index contributed by atoms with van der Waals surface area (Å²) in [5.41, 5.74) is 1.48. The van der Waals surface area contributed by atoms with Gasteiger partial charge >= 0.3 is 0 Å². The number of hydrogen-bond acceptors (Lipinski definition) is 2. The zero-order valence-electron chi connectivity index (χ0n) is 11.7. The van der Waals surface area contributed by atoms with Crippen molar-refractivity contribution in [2.45, 2.75) is 19.3 Å². The molecule has 0 unspecified atom stereocenters. The molecule has 0 spiro atoms. The predicted octanol–water partition coefficient (Wildman–Crippen LogP) is 3.02. The highest BCUT2D eigenvalue weighted by atomic mass is 79.9. The van der Waals surface area contributed by atoms with Crippen molar-refractivity contribution in [3.05, 3.63) is 35.9 Å². The molecule has 0 bridgehead atoms. The second kappa shape index (κ2) is 8.72. The van der Waals surface area contributed by atoms with Gasteiger partial charge < -0.3 is 4.90 Å². The van der Waals surface area contributed by atoms with Gasteiger partial charge in [-0.25, -0.2) is 0 Å². The van der Waals surface area contributed by atoms with E-state index in [1.165, 1.54) is 64.1 Å². The number of alkyl halides is 1. The molecule has 0 aromatic heterocycles. The summed E-state index contributed by atoms with van der Waals surface area (Å²) in [6, 6.07) is 10.8. The molecule has 1 aliphatic heterocycles. The van der Waals surface area contributed by atoms with Gasteiger partial charge in [0, 0.05) is 38.1 Å². The van der Waals surface area contributed by atoms with Crippen molar-refractivity contribution < 1.29 is 0 Å². The molecule has 1 heterocycles. The number of aryl methyl sites for hydroxylation is 1. The monoisotopic (exact) mass is 324 g/mol. The van der Waals surface area contributed by atoms with Gasteiger partial charge in [0.1, 0.15) is 0 Å². The van der Waals surface area contributed by atoms with Crippen molar-refractivity contribution >= 4 is 15.9 Å². The first kappa shape index (κ1) is 15.0. The lowest BCUT2D eigenvalue weighted by Crippen LogP contribution is -2.47. The summed E-state index contributed by atoms with van der Waals surface area (Å²) >= 11 is 3.52. The van der Waals surface area contributed by atoms with Crippen LogP contribution < -0.4 is 0 Å². The zero-order valence-corrected chi connectivity index (χ0v) is 13.3. The Kier molecular flexibility index (Phi) is 6.90. The second-order valence-electron chi connectivity index (χ2n) is 5.31. The van der Waals surface area contributed by atoms with Crippen LogP contribution in [0.1, 0.15) is 18.4 Å². The largest absolute Gasteiger partial charge is 0.301 e. The summed E-state index contributed by atoms with van der Waals surface area (Å²) in [4.78, 5) is 5.17. The molecule has 0 aliphatic carbocycles. The third kappa shape index (κ3) is 5.64. The molecule has 2 rings (SSSR count). The van der Waals surface area contributed by atoms with Crippen molar-refractivity contribution in [3.63, 3.8) is 0 Å². The zero-order chi connectivity index (χ0) is 13.3. The molecule has 0 radical (unpaired) electrons. The fraction of sp³-hybridized carbons (Fsp3) is 0.625. The van der Waals surface area contributed by atoms with Crippen molar-refractivity contribution in [1.29, 1.82) is 0 Å². The molecular weight excluding hydrogens is 300 g/mol. The van der Waals surface area contributed by atoms with Gasteiger partial charge in [0.15, 0.2) is 0 Å². The van der Waals surface area contributed by atoms with Crippen molar-refractivity contribution in [1.82, 2.24) is 9.80 Å². The van der Waals surface area contributed by atoms with Gasteiger partial charge in [-0.3, -0.25) is 4.90 Å². The fourth-order valence-electron chi connectivity index (χ4n) is 2.67. The molecule has 1 fully saturated rings. The Morgan fingerprint density at radius 3 is 2.11 bits per heavy atom. The average Bonchev–Trinajstić information content (AvgIpc) is 2.47. The van der Waals surface area contributed by atoms with Gasteiger partial charge in [-0.05, 0) is 31.4 Å². The predicted molar refractivity (Wildman–Crippen MR) is 86.1 cm³/mol. The number of rotatable bonds is 7. The van der Waals surface area contributed by atoms with Gasteiger partial charge in [0.2, 0.25) is 0 Å². The summed E-state index contributed by atoms with van der Waals surface area (Å²) in [5, 5.41) is 1.10. The number of halogens is 1. The fourth-order valence-corrected chi connectivity index (χ4v) is 3.17. The third-order valence-corrected chi connectivity index (χ3v) is 4.25. The summed E-state index contributed by atoms with van der Waals surface area (Å²) < 4.78 is 0. The lowest BCUT2D eigenvalue weighted by atomic mass is 10.1. The van der Waals surface area contributed by atoms with Gasteiger partial charge in [-0.15, -0.1) is 0 Å². The number of unbranched alkanes of at least 4 members (excludes halogenated alkanes) is 1. The molecule has 3 heteroatoms. The van der Waals surface area contributed by atoms with E-state index in [1.54, 1.807) is 0 Å². The minimum absolute atomic E-state index is 1.10. The standard InChI is InChI=1S/C16H25BrN2/c17-9-11-19-14-12-18(13-15-19)10-5-4-8-16-6-2-1-3-7-16/h1-3,6-7H,4-5,8-15H2. The molecule has 0 amide bonds. The molecule has 0 N–H and O–H groups in total. The quantitative estimate of drug-likeness (QED) is 0.562. The van der Waals surface area contributed by atoms with Crippen LogP contribution in [-0.4, -0.2) is 54.4 Å². The van der Waals surface area contributed by atoms with Crippen LogP contribution in [0.15, 0.2) is 30.3 Å². The van der Waals surface area contributed by atoms with E-state index in [0.717, 1.165) is 5.33 Å². The molecule has 1 saturated heterocycles. The second-order valence-corrected chi connectivity index (χ2v) is 6.11. The van der Waals surface area contributed by atoms with E-state index in [-0.39, 0.29) is 0 Å². The van der Waals surface area contributed by atoms with E-state index in [1.807, 2.05) is 0 Å². The van der Waals surface area contributed by atoms with Gasteiger partial charge in [0.25, 0.3) is 0 Å². The van der Waals surface area contributed by atoms with Crippen molar-refractivity contribution in [2.24, 2.45) is 0 Å². The first-order valence-electron chi connectivity index (χ1n) is 7.43. The molecule has 1 aromatic rings. The first-order valence-corrected chi connectivity index (χ1v) is 8.55. The van der Waals surface area contributed by atoms with E-state index in [9.17, 15) is 0 Å². The molecule has 1 aliphatic rings. The molecule has 19 heavy (non-hydrogen) atoms. The Morgan fingerprint density at radius 1 is 0.842 bits per heavy atom. The van der Waals surface area contributed by atoms with Gasteiger partial charge in [-0.1, -0.05) is 46.3 Å². The Labute approximate surface area is 125 Å². The summed E-state index contributed by atoms with van der Waals surface area (Å²) in [7, 11) is 0. The van der Waals surface area contributed by atoms with E-state index in [0.29, 0.717) is 0 Å². The van der Waals surface area contributed by atoms with Crippen molar-refractivity contribution in [3.8, 4) is 0 Å². The Bertz CT molecular complexity index is 334. The van der Waals surface area contributed by atoms with Crippen LogP contribution in [0, 0.1) is 0 Å². The average molecular weight is 325 g/mol. The minimum atomic E-state index is 1.10. The Morgan fingerprint density at radius 2 is 1.47 bits per heavy atom. The highest BCUT2D eigenvalue weighted by molar-refractivity contribution is 9.09. The molecule has 0 saturated carbocycles. The van der Waals surface area contributed by atoms with E-state index < -0.39 is 0 Å². The maximum Gasteiger partial charge on any atom is 0.0159 e. The molecule has 106 valence electrons. The van der Waals surface area contributed by atoms with Crippen LogP contribution in [0.25, 0.3) is 0 Å². The smallest absolute Gasteiger partial charge is 0.0159 e. The van der Waals surface area contributed by atoms with Crippen LogP contribution in [0.2, 0.25) is 0 Å². The highest BCUT2D eigenvalue weighted by Gasteiger charge is 2.15. The number of piperazine rings is 1. The molecule has 0 atom stereocenters. The normalized spacial score (nSPS) is 17.7. The van der Waals surface area contributed by atoms with Gasteiger partial charge in [-0.2, -0.15) is 0 Å². The van der Waals surface area contributed by atoms with E-state index >= 15 is 0 Å². The van der Waals surface area contributed by atoms with Crippen LogP contribution in [0.4, 0.5) is 0 Å². The third-order valence-electron chi connectivity index (χ3n) is 3.90. The summed E-state index contributed by atoms with van der Waals surface area (Å²) in [6.45, 7) is 7.45. The van der Waals surface area contributed by atoms with Crippen LogP contribution in [-0.2, 0) is 6.42 Å². The SMILES string of the molecule is BrCCN1CCN(CCCCc2ccccc2)CC1. The van der Waals surface area contributed by atoms with Gasteiger partial charge in [0.05, 0.1) is 0 Å². The topological polar surface area (TPSA) is 6.48 Å².